The zero-order valence-corrected chi connectivity index (χ0v) is 14.1. The van der Waals surface area contributed by atoms with Crippen LogP contribution < -0.4 is 0 Å². The van der Waals surface area contributed by atoms with E-state index in [4.69, 9.17) is 13.6 Å². The van der Waals surface area contributed by atoms with E-state index in [1.807, 2.05) is 37.3 Å². The summed E-state index contributed by atoms with van der Waals surface area (Å²) in [5.74, 6) is 1.20. The lowest BCUT2D eigenvalue weighted by atomic mass is 10.1. The summed E-state index contributed by atoms with van der Waals surface area (Å²) >= 11 is 0. The van der Waals surface area contributed by atoms with E-state index in [0.29, 0.717) is 37.2 Å². The van der Waals surface area contributed by atoms with Crippen LogP contribution in [0.15, 0.2) is 39.2 Å². The summed E-state index contributed by atoms with van der Waals surface area (Å²) in [6.07, 6.45) is -0.387. The number of carbonyl (C=O) groups is 1. The van der Waals surface area contributed by atoms with Gasteiger partial charge in [-0.2, -0.15) is 0 Å². The molecule has 0 saturated carbocycles. The van der Waals surface area contributed by atoms with E-state index in [1.165, 1.54) is 0 Å². The third kappa shape index (κ3) is 3.02. The van der Waals surface area contributed by atoms with Gasteiger partial charge in [0, 0.05) is 18.9 Å². The van der Waals surface area contributed by atoms with E-state index in [2.05, 4.69) is 10.2 Å². The maximum absolute atomic E-state index is 12.9. The number of ether oxygens (including phenoxy) is 1. The van der Waals surface area contributed by atoms with Crippen LogP contribution in [0.4, 0.5) is 0 Å². The third-order valence-corrected chi connectivity index (χ3v) is 4.44. The highest BCUT2D eigenvalue weighted by molar-refractivity contribution is 5.85. The molecule has 130 valence electrons. The number of rotatable bonds is 3. The number of furan rings is 1. The van der Waals surface area contributed by atoms with Crippen LogP contribution in [-0.2, 0) is 9.53 Å². The fourth-order valence-electron chi connectivity index (χ4n) is 3.05. The molecule has 3 aromatic rings. The molecular weight excluding hydrogens is 322 g/mol. The van der Waals surface area contributed by atoms with Crippen LogP contribution in [0.2, 0.25) is 0 Å². The fraction of sp³-hybridized carbons (Fsp3) is 0.389. The summed E-state index contributed by atoms with van der Waals surface area (Å²) in [5, 5.41) is 8.82. The first kappa shape index (κ1) is 15.8. The number of aryl methyl sites for hydroxylation is 1. The van der Waals surface area contributed by atoms with Crippen molar-refractivity contribution in [3.63, 3.8) is 0 Å². The van der Waals surface area contributed by atoms with Crippen LogP contribution in [0.1, 0.15) is 36.5 Å². The molecule has 2 atom stereocenters. The van der Waals surface area contributed by atoms with Gasteiger partial charge in [0.1, 0.15) is 11.3 Å². The molecule has 25 heavy (non-hydrogen) atoms. The Hall–Kier alpha value is -2.67. The first-order valence-corrected chi connectivity index (χ1v) is 8.30. The summed E-state index contributed by atoms with van der Waals surface area (Å²) in [6, 6.07) is 9.67. The second-order valence-corrected chi connectivity index (χ2v) is 6.21. The van der Waals surface area contributed by atoms with Crippen molar-refractivity contribution in [3.8, 4) is 0 Å². The Balaban J connectivity index is 1.51. The number of hydrogen-bond acceptors (Lipinski definition) is 6. The van der Waals surface area contributed by atoms with Gasteiger partial charge >= 0.3 is 0 Å². The SMILES string of the molecule is Cc1nnc(C2CN(C(=O)C(C)c3cc4ccccc4o3)CCO2)o1. The quantitative estimate of drug-likeness (QED) is 0.728. The summed E-state index contributed by atoms with van der Waals surface area (Å²) in [6.45, 7) is 4.95. The number of carbonyl (C=O) groups excluding carboxylic acids is 1. The van der Waals surface area contributed by atoms with Crippen molar-refractivity contribution < 1.29 is 18.4 Å². The largest absolute Gasteiger partial charge is 0.460 e. The molecule has 4 rings (SSSR count). The van der Waals surface area contributed by atoms with Crippen LogP contribution >= 0.6 is 0 Å². The van der Waals surface area contributed by atoms with Gasteiger partial charge in [0.25, 0.3) is 0 Å². The van der Waals surface area contributed by atoms with Crippen LogP contribution in [0.5, 0.6) is 0 Å². The molecule has 3 heterocycles. The highest BCUT2D eigenvalue weighted by Crippen LogP contribution is 2.28. The predicted octanol–water partition coefficient (Wildman–Crippen LogP) is 2.83. The van der Waals surface area contributed by atoms with Crippen molar-refractivity contribution in [2.45, 2.75) is 25.9 Å². The molecule has 0 spiro atoms. The van der Waals surface area contributed by atoms with Crippen LogP contribution in [0.3, 0.4) is 0 Å². The van der Waals surface area contributed by atoms with E-state index in [-0.39, 0.29) is 17.9 Å². The average Bonchev–Trinajstić information content (AvgIpc) is 3.26. The van der Waals surface area contributed by atoms with Gasteiger partial charge < -0.3 is 18.5 Å². The maximum Gasteiger partial charge on any atom is 0.246 e. The van der Waals surface area contributed by atoms with E-state index in [9.17, 15) is 4.79 Å². The highest BCUT2D eigenvalue weighted by Gasteiger charge is 2.32. The van der Waals surface area contributed by atoms with E-state index in [1.54, 1.807) is 11.8 Å². The Morgan fingerprint density at radius 2 is 2.12 bits per heavy atom. The van der Waals surface area contributed by atoms with Gasteiger partial charge in [0.15, 0.2) is 6.10 Å². The number of morpholine rings is 1. The van der Waals surface area contributed by atoms with Gasteiger partial charge in [-0.15, -0.1) is 10.2 Å². The first-order valence-electron chi connectivity index (χ1n) is 8.30. The van der Waals surface area contributed by atoms with Gasteiger partial charge in [-0.1, -0.05) is 18.2 Å². The Kier molecular flexibility index (Phi) is 4.01. The number of benzene rings is 1. The standard InChI is InChI=1S/C18H19N3O4/c1-11(15-9-13-5-3-4-6-14(13)25-15)18(22)21-7-8-23-16(10-21)17-20-19-12(2)24-17/h3-6,9,11,16H,7-8,10H2,1-2H3. The molecule has 1 amide bonds. The molecular formula is C18H19N3O4. The number of hydrogen-bond donors (Lipinski definition) is 0. The van der Waals surface area contributed by atoms with Gasteiger partial charge in [0.2, 0.25) is 17.7 Å². The summed E-state index contributed by atoms with van der Waals surface area (Å²) in [4.78, 5) is 14.7. The Bertz CT molecular complexity index is 868. The number of para-hydroxylation sites is 1. The summed E-state index contributed by atoms with van der Waals surface area (Å²) in [5.41, 5.74) is 0.790. The number of amides is 1. The smallest absolute Gasteiger partial charge is 0.246 e. The van der Waals surface area contributed by atoms with Gasteiger partial charge in [-0.25, -0.2) is 0 Å². The van der Waals surface area contributed by atoms with Crippen molar-refractivity contribution >= 4 is 16.9 Å². The van der Waals surface area contributed by atoms with Crippen LogP contribution in [-0.4, -0.2) is 40.7 Å². The average molecular weight is 341 g/mol. The lowest BCUT2D eigenvalue weighted by Crippen LogP contribution is -2.44. The maximum atomic E-state index is 12.9. The fourth-order valence-corrected chi connectivity index (χ4v) is 3.05. The molecule has 1 aliphatic rings. The van der Waals surface area contributed by atoms with Crippen LogP contribution in [0, 0.1) is 6.92 Å². The molecule has 7 nitrogen and oxygen atoms in total. The molecule has 0 bridgehead atoms. The van der Waals surface area contributed by atoms with Crippen molar-refractivity contribution in [1.82, 2.24) is 15.1 Å². The van der Waals surface area contributed by atoms with Crippen molar-refractivity contribution in [2.75, 3.05) is 19.7 Å². The first-order chi connectivity index (χ1) is 12.1. The minimum Gasteiger partial charge on any atom is -0.460 e. The molecule has 2 aromatic heterocycles. The third-order valence-electron chi connectivity index (χ3n) is 4.44. The van der Waals surface area contributed by atoms with Crippen molar-refractivity contribution in [2.24, 2.45) is 0 Å². The zero-order chi connectivity index (χ0) is 17.4. The second-order valence-electron chi connectivity index (χ2n) is 6.21. The van der Waals surface area contributed by atoms with E-state index in [0.717, 1.165) is 11.0 Å². The van der Waals surface area contributed by atoms with Gasteiger partial charge in [-0.3, -0.25) is 4.79 Å². The van der Waals surface area contributed by atoms with E-state index >= 15 is 0 Å². The number of aromatic nitrogens is 2. The van der Waals surface area contributed by atoms with Crippen molar-refractivity contribution in [1.29, 1.82) is 0 Å². The second kappa shape index (κ2) is 6.33. The molecule has 7 heteroatoms. The van der Waals surface area contributed by atoms with Gasteiger partial charge in [0.05, 0.1) is 19.1 Å². The topological polar surface area (TPSA) is 81.6 Å². The lowest BCUT2D eigenvalue weighted by molar-refractivity contribution is -0.141. The minimum atomic E-state index is -0.387. The normalized spacial score (nSPS) is 19.3. The molecule has 2 unspecified atom stereocenters. The molecule has 1 fully saturated rings. The molecule has 0 aliphatic carbocycles. The predicted molar refractivity (Wildman–Crippen MR) is 88.9 cm³/mol. The molecule has 0 radical (unpaired) electrons. The van der Waals surface area contributed by atoms with Crippen molar-refractivity contribution in [3.05, 3.63) is 47.9 Å². The molecule has 1 saturated heterocycles. The Morgan fingerprint density at radius 1 is 1.28 bits per heavy atom. The number of fused-ring (bicyclic) bond motifs is 1. The zero-order valence-electron chi connectivity index (χ0n) is 14.1. The molecule has 1 aliphatic heterocycles. The highest BCUT2D eigenvalue weighted by atomic mass is 16.5. The number of nitrogens with zero attached hydrogens (tertiary/aromatic N) is 3. The Labute approximate surface area is 144 Å². The minimum absolute atomic E-state index is 0.00333. The summed E-state index contributed by atoms with van der Waals surface area (Å²) < 4.78 is 16.9. The monoisotopic (exact) mass is 341 g/mol. The van der Waals surface area contributed by atoms with Gasteiger partial charge in [-0.05, 0) is 19.1 Å². The molecule has 0 N–H and O–H groups in total. The van der Waals surface area contributed by atoms with Crippen LogP contribution in [0.25, 0.3) is 11.0 Å². The van der Waals surface area contributed by atoms with E-state index < -0.39 is 0 Å². The Morgan fingerprint density at radius 3 is 2.88 bits per heavy atom. The molecule has 1 aromatic carbocycles. The summed E-state index contributed by atoms with van der Waals surface area (Å²) in [7, 11) is 0. The lowest BCUT2D eigenvalue weighted by Gasteiger charge is -2.32.